The summed E-state index contributed by atoms with van der Waals surface area (Å²) in [5.41, 5.74) is 1.88. The Morgan fingerprint density at radius 1 is 1.25 bits per heavy atom. The maximum atomic E-state index is 13.0. The van der Waals surface area contributed by atoms with Gasteiger partial charge >= 0.3 is 0 Å². The van der Waals surface area contributed by atoms with E-state index in [0.29, 0.717) is 23.1 Å². The molecule has 0 unspecified atom stereocenters. The number of carbonyl (C=O) groups excluding carboxylic acids is 2. The average Bonchev–Trinajstić information content (AvgIpc) is 2.93. The third-order valence-electron chi connectivity index (χ3n) is 4.19. The van der Waals surface area contributed by atoms with E-state index >= 15 is 0 Å². The van der Waals surface area contributed by atoms with Crippen molar-refractivity contribution in [2.75, 3.05) is 7.11 Å². The molecule has 1 heterocycles. The van der Waals surface area contributed by atoms with Gasteiger partial charge in [0.15, 0.2) is 11.5 Å². The molecule has 1 saturated heterocycles. The molecule has 2 amide bonds. The summed E-state index contributed by atoms with van der Waals surface area (Å²) in [5, 5.41) is 9.78. The molecule has 0 saturated carbocycles. The first-order valence-corrected chi connectivity index (χ1v) is 9.25. The number of thioether (sulfide) groups is 1. The third kappa shape index (κ3) is 4.09. The van der Waals surface area contributed by atoms with Crippen LogP contribution in [-0.2, 0) is 17.8 Å². The Morgan fingerprint density at radius 2 is 1.96 bits per heavy atom. The Kier molecular flexibility index (Phi) is 5.84. The van der Waals surface area contributed by atoms with Gasteiger partial charge in [0.25, 0.3) is 11.1 Å². The molecule has 5 nitrogen and oxygen atoms in total. The molecule has 0 spiro atoms. The zero-order valence-corrected chi connectivity index (χ0v) is 16.0. The highest BCUT2D eigenvalue weighted by molar-refractivity contribution is 8.18. The van der Waals surface area contributed by atoms with Crippen molar-refractivity contribution in [2.24, 2.45) is 0 Å². The SMILES string of the molecule is C=CCc1cc(/C=C2\SC(=O)N(Cc3ccc(F)cc3)C2=O)cc(OC)c1O. The van der Waals surface area contributed by atoms with E-state index in [-0.39, 0.29) is 28.8 Å². The lowest BCUT2D eigenvalue weighted by molar-refractivity contribution is -0.123. The van der Waals surface area contributed by atoms with Crippen molar-refractivity contribution < 1.29 is 23.8 Å². The maximum Gasteiger partial charge on any atom is 0.293 e. The van der Waals surface area contributed by atoms with Gasteiger partial charge in [-0.3, -0.25) is 14.5 Å². The normalized spacial score (nSPS) is 15.4. The number of hydrogen-bond donors (Lipinski definition) is 1. The van der Waals surface area contributed by atoms with Crippen molar-refractivity contribution in [3.8, 4) is 11.5 Å². The van der Waals surface area contributed by atoms with Gasteiger partial charge in [0, 0.05) is 5.56 Å². The number of imide groups is 1. The maximum absolute atomic E-state index is 13.0. The number of rotatable bonds is 6. The molecule has 1 aliphatic heterocycles. The highest BCUT2D eigenvalue weighted by atomic mass is 32.2. The molecule has 28 heavy (non-hydrogen) atoms. The molecule has 0 atom stereocenters. The molecule has 0 aliphatic carbocycles. The molecule has 0 radical (unpaired) electrons. The summed E-state index contributed by atoms with van der Waals surface area (Å²) in [6.45, 7) is 3.73. The van der Waals surface area contributed by atoms with Crippen LogP contribution in [0.4, 0.5) is 9.18 Å². The molecule has 2 aromatic rings. The first-order chi connectivity index (χ1) is 13.4. The molecule has 3 rings (SSSR count). The summed E-state index contributed by atoms with van der Waals surface area (Å²) in [5.74, 6) is -0.508. The molecule has 2 aromatic carbocycles. The van der Waals surface area contributed by atoms with E-state index in [1.165, 1.54) is 31.4 Å². The van der Waals surface area contributed by atoms with E-state index in [9.17, 15) is 19.1 Å². The monoisotopic (exact) mass is 399 g/mol. The number of hydrogen-bond acceptors (Lipinski definition) is 5. The number of amides is 2. The molecule has 1 fully saturated rings. The number of phenols is 1. The van der Waals surface area contributed by atoms with Crippen LogP contribution in [0.3, 0.4) is 0 Å². The van der Waals surface area contributed by atoms with Crippen LogP contribution in [-0.4, -0.2) is 28.3 Å². The lowest BCUT2D eigenvalue weighted by Crippen LogP contribution is -2.27. The molecule has 0 bridgehead atoms. The van der Waals surface area contributed by atoms with Crippen LogP contribution in [0, 0.1) is 5.82 Å². The van der Waals surface area contributed by atoms with Crippen molar-refractivity contribution in [1.82, 2.24) is 4.90 Å². The van der Waals surface area contributed by atoms with Crippen molar-refractivity contribution in [2.45, 2.75) is 13.0 Å². The molecule has 0 aromatic heterocycles. The van der Waals surface area contributed by atoms with Gasteiger partial charge < -0.3 is 9.84 Å². The van der Waals surface area contributed by atoms with Crippen LogP contribution in [0.5, 0.6) is 11.5 Å². The Bertz CT molecular complexity index is 969. The van der Waals surface area contributed by atoms with Gasteiger partial charge in [-0.05, 0) is 59.7 Å². The van der Waals surface area contributed by atoms with E-state index in [2.05, 4.69) is 6.58 Å². The Hall–Kier alpha value is -3.06. The van der Waals surface area contributed by atoms with E-state index in [1.54, 1.807) is 24.3 Å². The second-order valence-electron chi connectivity index (χ2n) is 6.12. The summed E-state index contributed by atoms with van der Waals surface area (Å²) >= 11 is 0.837. The van der Waals surface area contributed by atoms with Crippen LogP contribution in [0.25, 0.3) is 6.08 Å². The molecular formula is C21H18FNO4S. The Balaban J connectivity index is 1.88. The molecular weight excluding hydrogens is 381 g/mol. The van der Waals surface area contributed by atoms with E-state index in [1.807, 2.05) is 0 Å². The zero-order chi connectivity index (χ0) is 20.3. The average molecular weight is 399 g/mol. The van der Waals surface area contributed by atoms with Crippen molar-refractivity contribution >= 4 is 29.0 Å². The molecule has 7 heteroatoms. The topological polar surface area (TPSA) is 66.8 Å². The fraction of sp³-hybridized carbons (Fsp3) is 0.143. The second kappa shape index (κ2) is 8.31. The quantitative estimate of drug-likeness (QED) is 0.572. The van der Waals surface area contributed by atoms with Crippen LogP contribution >= 0.6 is 11.8 Å². The van der Waals surface area contributed by atoms with Gasteiger partial charge in [-0.2, -0.15) is 0 Å². The molecule has 144 valence electrons. The van der Waals surface area contributed by atoms with Gasteiger partial charge in [-0.25, -0.2) is 4.39 Å². The van der Waals surface area contributed by atoms with Gasteiger partial charge in [0.2, 0.25) is 0 Å². The van der Waals surface area contributed by atoms with Crippen molar-refractivity contribution in [3.63, 3.8) is 0 Å². The lowest BCUT2D eigenvalue weighted by atomic mass is 10.1. The fourth-order valence-electron chi connectivity index (χ4n) is 2.80. The zero-order valence-electron chi connectivity index (χ0n) is 15.1. The van der Waals surface area contributed by atoms with Gasteiger partial charge in [-0.1, -0.05) is 18.2 Å². The van der Waals surface area contributed by atoms with Gasteiger partial charge in [0.1, 0.15) is 5.82 Å². The number of methoxy groups -OCH3 is 1. The number of halogens is 1. The lowest BCUT2D eigenvalue weighted by Gasteiger charge is -2.12. The third-order valence-corrected chi connectivity index (χ3v) is 5.09. The minimum atomic E-state index is -0.420. The van der Waals surface area contributed by atoms with E-state index in [4.69, 9.17) is 4.74 Å². The van der Waals surface area contributed by atoms with E-state index < -0.39 is 11.1 Å². The minimum absolute atomic E-state index is 0.0176. The number of carbonyl (C=O) groups is 2. The van der Waals surface area contributed by atoms with Crippen molar-refractivity contribution in [3.05, 3.63) is 76.5 Å². The first-order valence-electron chi connectivity index (χ1n) is 8.43. The molecule has 1 N–H and O–H groups in total. The standard InChI is InChI=1S/C21H18FNO4S/c1-3-4-15-9-14(10-17(27-2)19(15)24)11-18-20(25)23(21(26)28-18)12-13-5-7-16(22)8-6-13/h3,5-11,24H,1,4,12H2,2H3/b18-11-. The number of ether oxygens (including phenoxy) is 1. The Morgan fingerprint density at radius 3 is 2.61 bits per heavy atom. The van der Waals surface area contributed by atoms with Crippen LogP contribution in [0.2, 0.25) is 0 Å². The summed E-state index contributed by atoms with van der Waals surface area (Å²) in [6.07, 6.45) is 3.66. The summed E-state index contributed by atoms with van der Waals surface area (Å²) in [7, 11) is 1.44. The Labute approximate surface area is 166 Å². The van der Waals surface area contributed by atoms with Crippen LogP contribution in [0.15, 0.2) is 54.0 Å². The summed E-state index contributed by atoms with van der Waals surface area (Å²) in [4.78, 5) is 26.3. The van der Waals surface area contributed by atoms with Crippen LogP contribution < -0.4 is 4.74 Å². The second-order valence-corrected chi connectivity index (χ2v) is 7.11. The summed E-state index contributed by atoms with van der Waals surface area (Å²) in [6, 6.07) is 8.95. The highest BCUT2D eigenvalue weighted by Crippen LogP contribution is 2.36. The smallest absolute Gasteiger partial charge is 0.293 e. The fourth-order valence-corrected chi connectivity index (χ4v) is 3.64. The minimum Gasteiger partial charge on any atom is -0.504 e. The number of nitrogens with zero attached hydrogens (tertiary/aromatic N) is 1. The predicted octanol–water partition coefficient (Wildman–Crippen LogP) is 4.50. The van der Waals surface area contributed by atoms with Crippen molar-refractivity contribution in [1.29, 1.82) is 0 Å². The first kappa shape index (κ1) is 19.7. The predicted molar refractivity (Wildman–Crippen MR) is 106 cm³/mol. The molecule has 1 aliphatic rings. The van der Waals surface area contributed by atoms with Crippen LogP contribution in [0.1, 0.15) is 16.7 Å². The van der Waals surface area contributed by atoms with E-state index in [0.717, 1.165) is 16.7 Å². The largest absolute Gasteiger partial charge is 0.504 e. The highest BCUT2D eigenvalue weighted by Gasteiger charge is 2.35. The summed E-state index contributed by atoms with van der Waals surface area (Å²) < 4.78 is 18.2. The number of allylic oxidation sites excluding steroid dienone is 1. The number of benzene rings is 2. The van der Waals surface area contributed by atoms with Gasteiger partial charge in [-0.15, -0.1) is 6.58 Å². The number of aromatic hydroxyl groups is 1. The number of phenolic OH excluding ortho intramolecular Hbond substituents is 1. The van der Waals surface area contributed by atoms with Gasteiger partial charge in [0.05, 0.1) is 18.6 Å².